The minimum Gasteiger partial charge on any atom is -0.464 e. The molecule has 2 aromatic heterocycles. The normalized spacial score (nSPS) is 15.0. The lowest BCUT2D eigenvalue weighted by molar-refractivity contribution is -0.155. The first kappa shape index (κ1) is 41.6. The number of amides is 2. The molecule has 0 saturated heterocycles. The van der Waals surface area contributed by atoms with Crippen molar-refractivity contribution in [2.24, 2.45) is 23.5 Å². The summed E-state index contributed by atoms with van der Waals surface area (Å²) < 4.78 is 11.3. The van der Waals surface area contributed by atoms with Crippen LogP contribution in [0.2, 0.25) is 0 Å². The summed E-state index contributed by atoms with van der Waals surface area (Å²) in [6.45, 7) is 11.1. The number of carbonyl (C=O) groups excluding carboxylic acids is 3. The van der Waals surface area contributed by atoms with Gasteiger partial charge in [-0.2, -0.15) is 0 Å². The number of unbranched alkanes of at least 4 members (excludes halogenated alkanes) is 1. The highest BCUT2D eigenvalue weighted by atomic mass is 32.1. The molecule has 5 unspecified atom stereocenters. The van der Waals surface area contributed by atoms with Crippen molar-refractivity contribution in [3.8, 4) is 0 Å². The lowest BCUT2D eigenvalue weighted by atomic mass is 9.89. The van der Waals surface area contributed by atoms with E-state index in [2.05, 4.69) is 31.0 Å². The molecule has 0 saturated carbocycles. The summed E-state index contributed by atoms with van der Waals surface area (Å²) >= 11 is 2.61. The van der Waals surface area contributed by atoms with Crippen molar-refractivity contribution in [3.05, 3.63) is 81.8 Å². The van der Waals surface area contributed by atoms with Gasteiger partial charge in [-0.15, -0.1) is 20.4 Å². The molecular weight excluding hydrogens is 715 g/mol. The van der Waals surface area contributed by atoms with E-state index in [9.17, 15) is 19.5 Å². The summed E-state index contributed by atoms with van der Waals surface area (Å²) in [6.07, 6.45) is 1.66. The van der Waals surface area contributed by atoms with Crippen LogP contribution in [0.5, 0.6) is 0 Å². The van der Waals surface area contributed by atoms with Crippen LogP contribution in [0.15, 0.2) is 60.7 Å². The van der Waals surface area contributed by atoms with Crippen molar-refractivity contribution in [2.75, 3.05) is 23.8 Å². The van der Waals surface area contributed by atoms with E-state index in [1.165, 1.54) is 22.7 Å². The number of aliphatic hydroxyl groups is 1. The molecule has 13 nitrogen and oxygen atoms in total. The van der Waals surface area contributed by atoms with E-state index in [-0.39, 0.29) is 48.8 Å². The minimum atomic E-state index is -1.26. The largest absolute Gasteiger partial charge is 0.464 e. The van der Waals surface area contributed by atoms with Gasteiger partial charge >= 0.3 is 5.97 Å². The van der Waals surface area contributed by atoms with Gasteiger partial charge in [0.05, 0.1) is 29.9 Å². The van der Waals surface area contributed by atoms with Crippen molar-refractivity contribution in [3.63, 3.8) is 0 Å². The molecule has 0 bridgehead atoms. The number of rotatable bonds is 20. The Labute approximate surface area is 319 Å². The van der Waals surface area contributed by atoms with E-state index in [0.717, 1.165) is 34.0 Å². The van der Waals surface area contributed by atoms with Crippen LogP contribution >= 0.6 is 22.7 Å². The first-order chi connectivity index (χ1) is 25.3. The summed E-state index contributed by atoms with van der Waals surface area (Å²) in [7, 11) is 0. The number of aromatic nitrogens is 4. The maximum absolute atomic E-state index is 13.4. The monoisotopic (exact) mass is 765 g/mol. The number of esters is 1. The van der Waals surface area contributed by atoms with Gasteiger partial charge in [-0.05, 0) is 42.7 Å². The highest BCUT2D eigenvalue weighted by Gasteiger charge is 2.34. The molecule has 0 aliphatic carbocycles. The molecule has 53 heavy (non-hydrogen) atoms. The lowest BCUT2D eigenvalue weighted by Gasteiger charge is -2.34. The van der Waals surface area contributed by atoms with Crippen molar-refractivity contribution >= 4 is 50.7 Å². The Balaban J connectivity index is 1.26. The molecule has 4 rings (SSSR count). The van der Waals surface area contributed by atoms with Crippen molar-refractivity contribution < 1.29 is 29.0 Å². The zero-order valence-electron chi connectivity index (χ0n) is 31.2. The number of aryl methyl sites for hydroxylation is 2. The maximum atomic E-state index is 13.4. The van der Waals surface area contributed by atoms with Gasteiger partial charge in [0.2, 0.25) is 22.1 Å². The van der Waals surface area contributed by atoms with E-state index >= 15 is 0 Å². The number of nitrogens with zero attached hydrogens (tertiary/aromatic N) is 4. The molecule has 0 aliphatic heterocycles. The summed E-state index contributed by atoms with van der Waals surface area (Å²) in [6, 6.07) is 18.4. The third kappa shape index (κ3) is 12.2. The average Bonchev–Trinajstić information content (AvgIpc) is 3.79. The zero-order valence-corrected chi connectivity index (χ0v) is 32.8. The molecule has 0 radical (unpaired) electrons. The number of benzene rings is 2. The molecule has 2 heterocycles. The van der Waals surface area contributed by atoms with Gasteiger partial charge < -0.3 is 20.3 Å². The highest BCUT2D eigenvalue weighted by Crippen LogP contribution is 2.26. The Hall–Kier alpha value is -4.15. The van der Waals surface area contributed by atoms with E-state index in [4.69, 9.17) is 15.2 Å². The van der Waals surface area contributed by atoms with E-state index in [1.807, 2.05) is 95.3 Å². The van der Waals surface area contributed by atoms with Gasteiger partial charge in [0.25, 0.3) is 0 Å². The SMILES string of the molecule is CC(C)C(C)C(=O)OCC(C(=O)Nc1nnc(CCCCc2nnc(NC(=O)C(COC(O)C(C)(N)C(C)C)c3ccccc3)s2)s1)c1ccccc1. The van der Waals surface area contributed by atoms with Gasteiger partial charge in [-0.1, -0.05) is 118 Å². The molecule has 0 aliphatic rings. The Morgan fingerprint density at radius 2 is 1.21 bits per heavy atom. The molecule has 5 N–H and O–H groups in total. The number of hydrogen-bond acceptors (Lipinski definition) is 13. The molecule has 4 aromatic rings. The molecule has 2 amide bonds. The highest BCUT2D eigenvalue weighted by molar-refractivity contribution is 7.15. The molecule has 286 valence electrons. The predicted octanol–water partition coefficient (Wildman–Crippen LogP) is 5.94. The van der Waals surface area contributed by atoms with Gasteiger partial charge in [0.15, 0.2) is 6.29 Å². The Bertz CT molecular complexity index is 1750. The third-order valence-electron chi connectivity index (χ3n) is 9.42. The number of anilines is 2. The predicted molar refractivity (Wildman–Crippen MR) is 206 cm³/mol. The van der Waals surface area contributed by atoms with Crippen LogP contribution in [0.1, 0.15) is 87.4 Å². The summed E-state index contributed by atoms with van der Waals surface area (Å²) in [5.41, 5.74) is 6.75. The van der Waals surface area contributed by atoms with Gasteiger partial charge in [-0.25, -0.2) is 0 Å². The topological polar surface area (TPSA) is 192 Å². The second-order valence-corrected chi connectivity index (χ2v) is 16.1. The van der Waals surface area contributed by atoms with Crippen LogP contribution < -0.4 is 16.4 Å². The first-order valence-corrected chi connectivity index (χ1v) is 19.5. The maximum Gasteiger partial charge on any atom is 0.308 e. The van der Waals surface area contributed by atoms with E-state index in [0.29, 0.717) is 23.1 Å². The molecular formula is C38H51N7O6S2. The summed E-state index contributed by atoms with van der Waals surface area (Å²) in [5.74, 6) is -2.60. The minimum absolute atomic E-state index is 0.0490. The summed E-state index contributed by atoms with van der Waals surface area (Å²) in [4.78, 5) is 39.2. The van der Waals surface area contributed by atoms with Gasteiger partial charge in [-0.3, -0.25) is 25.0 Å². The average molecular weight is 766 g/mol. The van der Waals surface area contributed by atoms with Crippen molar-refractivity contribution in [1.82, 2.24) is 20.4 Å². The fourth-order valence-electron chi connectivity index (χ4n) is 4.99. The number of nitrogens with one attached hydrogen (secondary N) is 2. The molecule has 15 heteroatoms. The van der Waals surface area contributed by atoms with Crippen LogP contribution in [0.3, 0.4) is 0 Å². The van der Waals surface area contributed by atoms with Crippen LogP contribution in [-0.2, 0) is 36.7 Å². The summed E-state index contributed by atoms with van der Waals surface area (Å²) in [5, 5.41) is 35.5. The molecule has 0 spiro atoms. The zero-order chi connectivity index (χ0) is 38.5. The van der Waals surface area contributed by atoms with Gasteiger partial charge in [0, 0.05) is 12.8 Å². The number of ether oxygens (including phenoxy) is 2. The Morgan fingerprint density at radius 3 is 1.64 bits per heavy atom. The van der Waals surface area contributed by atoms with Crippen LogP contribution in [0.4, 0.5) is 10.3 Å². The molecule has 0 fully saturated rings. The lowest BCUT2D eigenvalue weighted by Crippen LogP contribution is -2.54. The van der Waals surface area contributed by atoms with Crippen molar-refractivity contribution in [1.29, 1.82) is 0 Å². The van der Waals surface area contributed by atoms with Crippen LogP contribution in [-0.4, -0.2) is 68.3 Å². The number of hydrogen-bond donors (Lipinski definition) is 4. The van der Waals surface area contributed by atoms with Gasteiger partial charge in [0.1, 0.15) is 16.6 Å². The standard InChI is InChI=1S/C38H51N7O6S2/c1-23(2)25(5)34(48)50-21-28(26-15-9-7-10-16-26)32(46)40-36-44-42-30(52-36)19-13-14-20-31-43-45-37(53-31)41-33(47)29(27-17-11-8-12-18-27)22-51-35(49)38(6,39)24(3)4/h7-12,15-18,23-25,28-29,35,49H,13-14,19-22,39H2,1-6H3,(H,40,44,46)(H,41,45,47). The second-order valence-electron chi connectivity index (χ2n) is 14.0. The van der Waals surface area contributed by atoms with E-state index < -0.39 is 23.7 Å². The van der Waals surface area contributed by atoms with Crippen LogP contribution in [0, 0.1) is 17.8 Å². The Kier molecular flexibility index (Phi) is 15.5. The Morgan fingerprint density at radius 1 is 0.755 bits per heavy atom. The quantitative estimate of drug-likeness (QED) is 0.0473. The molecule has 2 aromatic carbocycles. The molecule has 5 atom stereocenters. The number of aliphatic hydroxyl groups excluding tert-OH is 1. The van der Waals surface area contributed by atoms with E-state index in [1.54, 1.807) is 6.92 Å². The van der Waals surface area contributed by atoms with Crippen molar-refractivity contribution in [2.45, 2.75) is 90.9 Å². The number of nitrogens with two attached hydrogens (primary N) is 1. The second kappa shape index (κ2) is 19.8. The number of carbonyl (C=O) groups is 3. The first-order valence-electron chi connectivity index (χ1n) is 17.9. The smallest absolute Gasteiger partial charge is 0.308 e. The third-order valence-corrected chi connectivity index (χ3v) is 11.2. The fourth-order valence-corrected chi connectivity index (χ4v) is 6.56. The van der Waals surface area contributed by atoms with Crippen LogP contribution in [0.25, 0.3) is 0 Å². The fraction of sp³-hybridized carbons (Fsp3) is 0.500.